The van der Waals surface area contributed by atoms with Gasteiger partial charge in [-0.3, -0.25) is 9.98 Å². The Bertz CT molecular complexity index is 721. The number of aliphatic imine (C=N–C) groups is 2. The summed E-state index contributed by atoms with van der Waals surface area (Å²) in [6.45, 7) is 5.09. The van der Waals surface area contributed by atoms with Crippen LogP contribution in [0.2, 0.25) is 0 Å². The van der Waals surface area contributed by atoms with E-state index in [1.165, 1.54) is 0 Å². The molecule has 4 nitrogen and oxygen atoms in total. The molecule has 23 heavy (non-hydrogen) atoms. The van der Waals surface area contributed by atoms with Crippen LogP contribution >= 0.6 is 0 Å². The summed E-state index contributed by atoms with van der Waals surface area (Å²) in [5.74, 6) is 0.461. The van der Waals surface area contributed by atoms with E-state index >= 15 is 0 Å². The number of benzene rings is 2. The van der Waals surface area contributed by atoms with Crippen molar-refractivity contribution in [2.75, 3.05) is 13.1 Å². The monoisotopic (exact) mass is 310 g/mol. The molecule has 0 spiro atoms. The highest BCUT2D eigenvalue weighted by atomic mass is 16.3. The summed E-state index contributed by atoms with van der Waals surface area (Å²) in [5.41, 5.74) is 3.68. The smallest absolute Gasteiger partial charge is 0.124 e. The van der Waals surface area contributed by atoms with Crippen LogP contribution in [0.5, 0.6) is 11.5 Å². The van der Waals surface area contributed by atoms with Gasteiger partial charge in [0.2, 0.25) is 0 Å². The molecule has 0 saturated carbocycles. The number of aryl methyl sites for hydroxylation is 2. The first-order valence-corrected chi connectivity index (χ1v) is 7.71. The molecule has 0 heterocycles. The molecular weight excluding hydrogens is 288 g/mol. The summed E-state index contributed by atoms with van der Waals surface area (Å²) in [6.07, 6.45) is 4.26. The third-order valence-corrected chi connectivity index (χ3v) is 3.50. The fraction of sp³-hybridized carbons (Fsp3) is 0.263. The van der Waals surface area contributed by atoms with Gasteiger partial charge in [0.25, 0.3) is 0 Å². The lowest BCUT2D eigenvalue weighted by atomic mass is 10.1. The minimum atomic E-state index is 0.226. The Labute approximate surface area is 136 Å². The third-order valence-electron chi connectivity index (χ3n) is 3.50. The predicted octanol–water partition coefficient (Wildman–Crippen LogP) is 3.51. The Morgan fingerprint density at radius 3 is 2.04 bits per heavy atom. The van der Waals surface area contributed by atoms with Crippen LogP contribution < -0.4 is 0 Å². The minimum absolute atomic E-state index is 0.226. The lowest BCUT2D eigenvalue weighted by Gasteiger charge is -2.02. The number of phenols is 2. The van der Waals surface area contributed by atoms with Crippen LogP contribution in [0.4, 0.5) is 0 Å². The van der Waals surface area contributed by atoms with Gasteiger partial charge in [0.05, 0.1) is 13.1 Å². The van der Waals surface area contributed by atoms with E-state index in [1.807, 2.05) is 31.2 Å². The molecule has 120 valence electrons. The van der Waals surface area contributed by atoms with Crippen LogP contribution in [0.3, 0.4) is 0 Å². The van der Waals surface area contributed by atoms with Crippen molar-refractivity contribution in [3.05, 3.63) is 58.7 Å². The Morgan fingerprint density at radius 2 is 1.43 bits per heavy atom. The van der Waals surface area contributed by atoms with E-state index in [0.717, 1.165) is 23.1 Å². The van der Waals surface area contributed by atoms with Crippen molar-refractivity contribution in [1.29, 1.82) is 0 Å². The predicted molar refractivity (Wildman–Crippen MR) is 95.3 cm³/mol. The van der Waals surface area contributed by atoms with Crippen molar-refractivity contribution in [2.24, 2.45) is 9.98 Å². The van der Waals surface area contributed by atoms with E-state index in [1.54, 1.807) is 24.6 Å². The van der Waals surface area contributed by atoms with E-state index in [4.69, 9.17) is 0 Å². The molecule has 2 N–H and O–H groups in total. The number of rotatable bonds is 6. The fourth-order valence-electron chi connectivity index (χ4n) is 2.15. The normalized spacial score (nSPS) is 11.6. The first-order valence-electron chi connectivity index (χ1n) is 7.71. The maximum atomic E-state index is 9.79. The molecule has 2 rings (SSSR count). The van der Waals surface area contributed by atoms with Gasteiger partial charge < -0.3 is 10.2 Å². The molecule has 0 aliphatic rings. The zero-order valence-electron chi connectivity index (χ0n) is 13.5. The molecule has 0 amide bonds. The maximum absolute atomic E-state index is 9.79. The molecular formula is C19H22N2O2. The van der Waals surface area contributed by atoms with Gasteiger partial charge in [-0.1, -0.05) is 24.6 Å². The van der Waals surface area contributed by atoms with Gasteiger partial charge in [-0.15, -0.1) is 0 Å². The minimum Gasteiger partial charge on any atom is -0.507 e. The molecule has 2 aromatic rings. The van der Waals surface area contributed by atoms with Crippen LogP contribution in [0.25, 0.3) is 0 Å². The third kappa shape index (κ3) is 4.95. The zero-order chi connectivity index (χ0) is 16.7. The van der Waals surface area contributed by atoms with Crippen molar-refractivity contribution >= 4 is 12.4 Å². The highest BCUT2D eigenvalue weighted by Crippen LogP contribution is 2.17. The summed E-state index contributed by atoms with van der Waals surface area (Å²) in [4.78, 5) is 8.56. The Morgan fingerprint density at radius 1 is 0.870 bits per heavy atom. The van der Waals surface area contributed by atoms with Gasteiger partial charge in [-0.05, 0) is 43.2 Å². The van der Waals surface area contributed by atoms with E-state index < -0.39 is 0 Å². The first-order chi connectivity index (χ1) is 11.1. The average molecular weight is 310 g/mol. The van der Waals surface area contributed by atoms with Gasteiger partial charge in [-0.25, -0.2) is 0 Å². The SMILES string of the molecule is CCc1ccc(O)c(C=NCCN=Cc2cc(C)ccc2O)c1. The molecule has 0 radical (unpaired) electrons. The zero-order valence-corrected chi connectivity index (χ0v) is 13.5. The van der Waals surface area contributed by atoms with Crippen molar-refractivity contribution in [1.82, 2.24) is 0 Å². The maximum Gasteiger partial charge on any atom is 0.124 e. The summed E-state index contributed by atoms with van der Waals surface area (Å²) in [7, 11) is 0. The molecule has 0 aliphatic heterocycles. The van der Waals surface area contributed by atoms with E-state index in [-0.39, 0.29) is 11.5 Å². The average Bonchev–Trinajstić information content (AvgIpc) is 2.55. The Balaban J connectivity index is 1.90. The summed E-state index contributed by atoms with van der Waals surface area (Å²) < 4.78 is 0. The number of hydrogen-bond donors (Lipinski definition) is 2. The van der Waals surface area contributed by atoms with E-state index in [0.29, 0.717) is 18.7 Å². The second kappa shape index (κ2) is 8.13. The number of aromatic hydroxyl groups is 2. The lowest BCUT2D eigenvalue weighted by molar-refractivity contribution is 0.473. The quantitative estimate of drug-likeness (QED) is 0.633. The van der Waals surface area contributed by atoms with Crippen LogP contribution in [0.1, 0.15) is 29.2 Å². The van der Waals surface area contributed by atoms with Crippen LogP contribution in [-0.4, -0.2) is 35.7 Å². The van der Waals surface area contributed by atoms with Crippen molar-refractivity contribution in [3.8, 4) is 11.5 Å². The van der Waals surface area contributed by atoms with Crippen molar-refractivity contribution < 1.29 is 10.2 Å². The second-order valence-corrected chi connectivity index (χ2v) is 5.38. The highest BCUT2D eigenvalue weighted by molar-refractivity contribution is 5.84. The molecule has 0 fully saturated rings. The highest BCUT2D eigenvalue weighted by Gasteiger charge is 1.99. The van der Waals surface area contributed by atoms with Crippen molar-refractivity contribution in [3.63, 3.8) is 0 Å². The molecule has 4 heteroatoms. The van der Waals surface area contributed by atoms with Gasteiger partial charge in [0, 0.05) is 23.6 Å². The molecule has 0 saturated heterocycles. The number of phenolic OH excluding ortho intramolecular Hbond substituents is 2. The largest absolute Gasteiger partial charge is 0.507 e. The molecule has 0 aromatic heterocycles. The van der Waals surface area contributed by atoms with Gasteiger partial charge >= 0.3 is 0 Å². The van der Waals surface area contributed by atoms with Gasteiger partial charge in [0.1, 0.15) is 11.5 Å². The summed E-state index contributed by atoms with van der Waals surface area (Å²) >= 11 is 0. The van der Waals surface area contributed by atoms with Crippen molar-refractivity contribution in [2.45, 2.75) is 20.3 Å². The van der Waals surface area contributed by atoms with Crippen LogP contribution in [0.15, 0.2) is 46.4 Å². The lowest BCUT2D eigenvalue weighted by Crippen LogP contribution is -1.92. The molecule has 0 atom stereocenters. The van der Waals surface area contributed by atoms with E-state index in [2.05, 4.69) is 16.9 Å². The molecule has 0 aliphatic carbocycles. The number of nitrogens with zero attached hydrogens (tertiary/aromatic N) is 2. The summed E-state index contributed by atoms with van der Waals surface area (Å²) in [5, 5.41) is 19.5. The van der Waals surface area contributed by atoms with Crippen LogP contribution in [-0.2, 0) is 6.42 Å². The standard InChI is InChI=1S/C19H22N2O2/c1-3-15-5-7-19(23)17(11-15)13-21-9-8-20-12-16-10-14(2)4-6-18(16)22/h4-7,10-13,22-23H,3,8-9H2,1-2H3. The van der Waals surface area contributed by atoms with E-state index in [9.17, 15) is 10.2 Å². The Kier molecular flexibility index (Phi) is 5.92. The molecule has 2 aromatic carbocycles. The fourth-order valence-corrected chi connectivity index (χ4v) is 2.15. The molecule has 0 bridgehead atoms. The van der Waals surface area contributed by atoms with Gasteiger partial charge in [0.15, 0.2) is 0 Å². The summed E-state index contributed by atoms with van der Waals surface area (Å²) in [6, 6.07) is 10.9. The topological polar surface area (TPSA) is 65.2 Å². The Hall–Kier alpha value is -2.62. The number of hydrogen-bond acceptors (Lipinski definition) is 4. The first kappa shape index (κ1) is 16.7. The molecule has 0 unspecified atom stereocenters. The van der Waals surface area contributed by atoms with Gasteiger partial charge in [-0.2, -0.15) is 0 Å². The van der Waals surface area contributed by atoms with Crippen LogP contribution in [0, 0.1) is 6.92 Å². The second-order valence-electron chi connectivity index (χ2n) is 5.38.